The molecule has 4 saturated carbocycles. The van der Waals surface area contributed by atoms with Crippen LogP contribution in [0.1, 0.15) is 109 Å². The molecule has 4 unspecified atom stereocenters. The maximum Gasteiger partial charge on any atom is 0.164 e. The molecule has 4 heteroatoms. The summed E-state index contributed by atoms with van der Waals surface area (Å²) in [4.78, 5) is 15.5. The number of hydrogen-bond donors (Lipinski definition) is 0. The first-order chi connectivity index (χ1) is 26.2. The van der Waals surface area contributed by atoms with Gasteiger partial charge in [-0.1, -0.05) is 107 Å². The molecule has 4 aromatic carbocycles. The van der Waals surface area contributed by atoms with Gasteiger partial charge in [0.05, 0.1) is 11.6 Å². The lowest BCUT2D eigenvalue weighted by atomic mass is 9.54. The van der Waals surface area contributed by atoms with Crippen LogP contribution in [0.25, 0.3) is 45.3 Å². The minimum Gasteiger partial charge on any atom is -0.208 e. The number of rotatable bonds is 6. The molecule has 0 aliphatic heterocycles. The molecule has 4 nitrogen and oxygen atoms in total. The molecule has 5 aromatic rings. The standard InChI is InChI=1S/C50H54N4/c1-32-19-37-20-33(2)26-49(25-32,29-37)44-15-11-39(12-16-44)46-52-47(40-13-17-45(18-14-40)50-27-34(3)21-38(30-50)22-35(4)28-50)54-48(53-46)43-10-6-9-42(24-43)41-8-5-7-36(23-41)31-51/h5-18,23-24,32-35,37-38H,19-22,25-30H2,1-4H3/t32-,33+,34-,35+,37?,38?,49?,50?. The highest BCUT2D eigenvalue weighted by atomic mass is 15.0. The molecule has 54 heavy (non-hydrogen) atoms. The van der Waals surface area contributed by atoms with Crippen molar-refractivity contribution in [1.82, 2.24) is 15.0 Å². The van der Waals surface area contributed by atoms with Crippen LogP contribution in [0, 0.1) is 46.8 Å². The SMILES string of the molecule is C[C@@H]1CC2C[C@H](C)CC(c3ccc(-c4nc(-c5ccc(C67CC(C[C@@H](C)C6)C[C@H](C)C7)cc5)nc(-c5cccc(-c6cccc(C#N)c6)c5)n4)cc3)(C2)C1. The van der Waals surface area contributed by atoms with Crippen molar-refractivity contribution in [2.24, 2.45) is 35.5 Å². The van der Waals surface area contributed by atoms with E-state index in [-0.39, 0.29) is 10.8 Å². The van der Waals surface area contributed by atoms with E-state index in [1.165, 1.54) is 75.3 Å². The van der Waals surface area contributed by atoms with Gasteiger partial charge in [0.2, 0.25) is 0 Å². The van der Waals surface area contributed by atoms with Gasteiger partial charge in [0.25, 0.3) is 0 Å². The fraction of sp³-hybridized carbons (Fsp3) is 0.440. The van der Waals surface area contributed by atoms with Gasteiger partial charge < -0.3 is 0 Å². The predicted octanol–water partition coefficient (Wildman–Crippen LogP) is 12.6. The summed E-state index contributed by atoms with van der Waals surface area (Å²) < 4.78 is 0. The summed E-state index contributed by atoms with van der Waals surface area (Å²) in [7, 11) is 0. The van der Waals surface area contributed by atoms with Gasteiger partial charge in [0.15, 0.2) is 17.5 Å². The molecule has 0 N–H and O–H groups in total. The van der Waals surface area contributed by atoms with Crippen LogP contribution in [0.4, 0.5) is 0 Å². The Hall–Kier alpha value is -4.62. The van der Waals surface area contributed by atoms with Gasteiger partial charge in [-0.15, -0.1) is 0 Å². The summed E-state index contributed by atoms with van der Waals surface area (Å²) in [5, 5.41) is 9.56. The average Bonchev–Trinajstić information content (AvgIpc) is 3.17. The van der Waals surface area contributed by atoms with E-state index >= 15 is 0 Å². The van der Waals surface area contributed by atoms with E-state index < -0.39 is 0 Å². The lowest BCUT2D eigenvalue weighted by molar-refractivity contribution is 0.0779. The van der Waals surface area contributed by atoms with Crippen LogP contribution in [0.5, 0.6) is 0 Å². The van der Waals surface area contributed by atoms with Crippen molar-refractivity contribution in [3.63, 3.8) is 0 Å². The van der Waals surface area contributed by atoms with E-state index in [1.807, 2.05) is 18.2 Å². The van der Waals surface area contributed by atoms with Crippen molar-refractivity contribution in [2.75, 3.05) is 0 Å². The van der Waals surface area contributed by atoms with Crippen molar-refractivity contribution in [1.29, 1.82) is 5.26 Å². The Kier molecular flexibility index (Phi) is 9.04. The van der Waals surface area contributed by atoms with Gasteiger partial charge in [-0.05, 0) is 151 Å². The van der Waals surface area contributed by atoms with E-state index in [0.717, 1.165) is 63.3 Å². The van der Waals surface area contributed by atoms with E-state index in [4.69, 9.17) is 15.0 Å². The van der Waals surface area contributed by atoms with Gasteiger partial charge in [-0.2, -0.15) is 5.26 Å². The predicted molar refractivity (Wildman–Crippen MR) is 219 cm³/mol. The average molecular weight is 711 g/mol. The molecule has 0 amide bonds. The minimum atomic E-state index is 0.282. The largest absolute Gasteiger partial charge is 0.208 e. The second-order valence-corrected chi connectivity index (χ2v) is 18.6. The monoisotopic (exact) mass is 710 g/mol. The zero-order valence-electron chi connectivity index (χ0n) is 32.6. The third kappa shape index (κ3) is 6.70. The maximum absolute atomic E-state index is 9.56. The Bertz CT molecular complexity index is 2050. The van der Waals surface area contributed by atoms with Crippen molar-refractivity contribution in [3.05, 3.63) is 114 Å². The normalized spacial score (nSPS) is 30.4. The summed E-state index contributed by atoms with van der Waals surface area (Å²) in [6, 6.07) is 37.0. The molecule has 1 aromatic heterocycles. The number of nitriles is 1. The minimum absolute atomic E-state index is 0.282. The summed E-state index contributed by atoms with van der Waals surface area (Å²) >= 11 is 0. The smallest absolute Gasteiger partial charge is 0.164 e. The first kappa shape index (κ1) is 35.1. The molecule has 0 spiro atoms. The third-order valence-electron chi connectivity index (χ3n) is 13.9. The van der Waals surface area contributed by atoms with Gasteiger partial charge in [0.1, 0.15) is 0 Å². The van der Waals surface area contributed by atoms with E-state index in [2.05, 4.69) is 113 Å². The second kappa shape index (κ2) is 13.9. The van der Waals surface area contributed by atoms with Gasteiger partial charge in [-0.25, -0.2) is 15.0 Å². The Morgan fingerprint density at radius 1 is 0.463 bits per heavy atom. The maximum atomic E-state index is 9.56. The number of benzene rings is 4. The molecule has 4 fully saturated rings. The second-order valence-electron chi connectivity index (χ2n) is 18.6. The van der Waals surface area contributed by atoms with Gasteiger partial charge >= 0.3 is 0 Å². The van der Waals surface area contributed by atoms with Crippen LogP contribution < -0.4 is 0 Å². The van der Waals surface area contributed by atoms with Gasteiger partial charge in [-0.3, -0.25) is 0 Å². The highest BCUT2D eigenvalue weighted by Crippen LogP contribution is 2.55. The highest BCUT2D eigenvalue weighted by molar-refractivity contribution is 5.73. The first-order valence-corrected chi connectivity index (χ1v) is 20.7. The van der Waals surface area contributed by atoms with E-state index in [9.17, 15) is 5.26 Å². The zero-order chi connectivity index (χ0) is 37.0. The van der Waals surface area contributed by atoms with E-state index in [0.29, 0.717) is 23.0 Å². The van der Waals surface area contributed by atoms with Crippen LogP contribution in [0.15, 0.2) is 97.1 Å². The molecule has 8 atom stereocenters. The number of hydrogen-bond acceptors (Lipinski definition) is 4. The summed E-state index contributed by atoms with van der Waals surface area (Å²) in [5.74, 6) is 6.87. The number of aromatic nitrogens is 3. The van der Waals surface area contributed by atoms with Gasteiger partial charge in [0, 0.05) is 16.7 Å². The van der Waals surface area contributed by atoms with Crippen LogP contribution in [0.2, 0.25) is 0 Å². The molecule has 4 aliphatic carbocycles. The molecule has 0 radical (unpaired) electrons. The molecule has 9 rings (SSSR count). The highest BCUT2D eigenvalue weighted by Gasteiger charge is 2.46. The van der Waals surface area contributed by atoms with Crippen molar-refractivity contribution < 1.29 is 0 Å². The number of fused-ring (bicyclic) bond motifs is 4. The van der Waals surface area contributed by atoms with Crippen LogP contribution in [-0.4, -0.2) is 15.0 Å². The lowest BCUT2D eigenvalue weighted by Gasteiger charge is -2.50. The van der Waals surface area contributed by atoms with Crippen molar-refractivity contribution >= 4 is 0 Å². The Morgan fingerprint density at radius 2 is 0.852 bits per heavy atom. The summed E-state index contributed by atoms with van der Waals surface area (Å²) in [6.45, 7) is 9.84. The Labute approximate surface area is 322 Å². The van der Waals surface area contributed by atoms with Crippen LogP contribution >= 0.6 is 0 Å². The Balaban J connectivity index is 1.10. The fourth-order valence-corrected chi connectivity index (χ4v) is 12.4. The first-order valence-electron chi connectivity index (χ1n) is 20.7. The summed E-state index contributed by atoms with van der Waals surface area (Å²) in [5.41, 5.74) is 9.21. The molecule has 4 bridgehead atoms. The summed E-state index contributed by atoms with van der Waals surface area (Å²) in [6.07, 6.45) is 13.3. The van der Waals surface area contributed by atoms with Crippen molar-refractivity contribution in [3.8, 4) is 51.4 Å². The molecule has 4 aliphatic rings. The third-order valence-corrected chi connectivity index (χ3v) is 13.9. The van der Waals surface area contributed by atoms with E-state index in [1.54, 1.807) is 0 Å². The quantitative estimate of drug-likeness (QED) is 0.176. The Morgan fingerprint density at radius 3 is 1.30 bits per heavy atom. The molecular formula is C50H54N4. The topological polar surface area (TPSA) is 62.5 Å². The fourth-order valence-electron chi connectivity index (χ4n) is 12.4. The molecule has 1 heterocycles. The van der Waals surface area contributed by atoms with Crippen LogP contribution in [0.3, 0.4) is 0 Å². The number of nitrogens with zero attached hydrogens (tertiary/aromatic N) is 4. The molecule has 274 valence electrons. The van der Waals surface area contributed by atoms with Crippen molar-refractivity contribution in [2.45, 2.75) is 103 Å². The lowest BCUT2D eigenvalue weighted by Crippen LogP contribution is -2.42. The molecular weight excluding hydrogens is 657 g/mol. The molecule has 0 saturated heterocycles. The zero-order valence-corrected chi connectivity index (χ0v) is 32.6. The van der Waals surface area contributed by atoms with Crippen LogP contribution in [-0.2, 0) is 10.8 Å².